The van der Waals surface area contributed by atoms with Crippen LogP contribution in [0.25, 0.3) is 0 Å². The smallest absolute Gasteiger partial charge is 0.186 e. The maximum atomic E-state index is 10.8. The first-order valence-electron chi connectivity index (χ1n) is 10.1. The number of aliphatic hydroxyl groups is 7. The van der Waals surface area contributed by atoms with Crippen molar-refractivity contribution in [2.24, 2.45) is 17.2 Å². The average molecular weight is 455 g/mol. The van der Waals surface area contributed by atoms with E-state index in [0.717, 1.165) is 0 Å². The lowest BCUT2D eigenvalue weighted by molar-refractivity contribution is -0.317. The Labute approximate surface area is 178 Å². The van der Waals surface area contributed by atoms with E-state index in [-0.39, 0.29) is 13.0 Å². The van der Waals surface area contributed by atoms with Crippen molar-refractivity contribution in [2.75, 3.05) is 13.2 Å². The highest BCUT2D eigenvalue weighted by atomic mass is 16.7. The number of rotatable bonds is 5. The Morgan fingerprint density at radius 2 is 1.32 bits per heavy atom. The molecule has 0 aromatic heterocycles. The number of ether oxygens (including phenoxy) is 4. The van der Waals surface area contributed by atoms with Crippen molar-refractivity contribution >= 4 is 0 Å². The molecule has 0 radical (unpaired) electrons. The van der Waals surface area contributed by atoms with Crippen LogP contribution in [0.1, 0.15) is 6.42 Å². The summed E-state index contributed by atoms with van der Waals surface area (Å²) in [5, 5.41) is 69.6. The second-order valence-corrected chi connectivity index (χ2v) is 8.29. The maximum Gasteiger partial charge on any atom is 0.186 e. The Bertz CT molecular complexity index is 590. The molecule has 0 aromatic rings. The summed E-state index contributed by atoms with van der Waals surface area (Å²) in [4.78, 5) is 0. The van der Waals surface area contributed by atoms with Gasteiger partial charge in [-0.15, -0.1) is 0 Å². The molecule has 3 aliphatic rings. The van der Waals surface area contributed by atoms with Gasteiger partial charge in [-0.05, 0) is 6.42 Å². The zero-order valence-corrected chi connectivity index (χ0v) is 16.7. The molecule has 2 saturated heterocycles. The number of hydrogen-bond acceptors (Lipinski definition) is 14. The lowest BCUT2D eigenvalue weighted by atomic mass is 9.84. The highest BCUT2D eigenvalue weighted by Crippen LogP contribution is 2.30. The topological polar surface area (TPSA) is 257 Å². The summed E-state index contributed by atoms with van der Waals surface area (Å²) < 4.78 is 21.9. The summed E-state index contributed by atoms with van der Waals surface area (Å²) in [6, 6.07) is -2.78. The van der Waals surface area contributed by atoms with E-state index in [2.05, 4.69) is 0 Å². The quantitative estimate of drug-likeness (QED) is 0.185. The van der Waals surface area contributed by atoms with E-state index in [9.17, 15) is 35.7 Å². The van der Waals surface area contributed by atoms with Gasteiger partial charge in [-0.3, -0.25) is 0 Å². The van der Waals surface area contributed by atoms with E-state index in [0.29, 0.717) is 0 Å². The molecule has 3 fully saturated rings. The van der Waals surface area contributed by atoms with Gasteiger partial charge in [-0.1, -0.05) is 0 Å². The zero-order valence-electron chi connectivity index (χ0n) is 16.7. The fourth-order valence-corrected chi connectivity index (χ4v) is 4.07. The van der Waals surface area contributed by atoms with E-state index in [4.69, 9.17) is 36.1 Å². The summed E-state index contributed by atoms with van der Waals surface area (Å²) in [5.74, 6) is 0. The Morgan fingerprint density at radius 3 is 1.90 bits per heavy atom. The molecule has 13 N–H and O–H groups in total. The molecule has 0 unspecified atom stereocenters. The molecule has 2 aliphatic heterocycles. The van der Waals surface area contributed by atoms with Gasteiger partial charge in [0.15, 0.2) is 12.6 Å². The molecule has 1 saturated carbocycles. The number of aliphatic hydroxyl groups excluding tert-OH is 7. The van der Waals surface area contributed by atoms with Crippen LogP contribution in [0.3, 0.4) is 0 Å². The van der Waals surface area contributed by atoms with Crippen molar-refractivity contribution in [3.05, 3.63) is 0 Å². The maximum absolute atomic E-state index is 10.8. The molecule has 0 spiro atoms. The van der Waals surface area contributed by atoms with E-state index in [1.807, 2.05) is 0 Å². The van der Waals surface area contributed by atoms with Crippen LogP contribution in [0.15, 0.2) is 0 Å². The van der Waals surface area contributed by atoms with Gasteiger partial charge in [0, 0.05) is 12.1 Å². The van der Waals surface area contributed by atoms with Crippen LogP contribution in [0.4, 0.5) is 0 Å². The molecule has 0 bridgehead atoms. The van der Waals surface area contributed by atoms with Crippen molar-refractivity contribution in [1.82, 2.24) is 0 Å². The standard InChI is InChI=1S/C17H33N3O11/c18-4-1-5(19)15(31-17-12(26)9(23)6(22)3-28-17)13(27)14(4)30-16-8(20)11(25)10(24)7(2-21)29-16/h4-17,21-27H,1-3,18-20H2/t4-,5+,6-,7+,8+,9-,10+,11-,12-,13+,14+,15-,16-,17+/m0/s1. The third kappa shape index (κ3) is 5.02. The third-order valence-electron chi connectivity index (χ3n) is 6.03. The predicted octanol–water partition coefficient (Wildman–Crippen LogP) is -6.62. The third-order valence-corrected chi connectivity index (χ3v) is 6.03. The molecule has 0 amide bonds. The van der Waals surface area contributed by atoms with Gasteiger partial charge in [0.25, 0.3) is 0 Å². The molecular formula is C17H33N3O11. The van der Waals surface area contributed by atoms with Crippen molar-refractivity contribution in [2.45, 2.75) is 92.1 Å². The normalized spacial score (nSPS) is 54.0. The Morgan fingerprint density at radius 1 is 0.742 bits per heavy atom. The molecule has 0 aromatic carbocycles. The summed E-state index contributed by atoms with van der Waals surface area (Å²) >= 11 is 0. The minimum atomic E-state index is -1.59. The average Bonchev–Trinajstić information content (AvgIpc) is 2.73. The number of nitrogens with two attached hydrogens (primary N) is 3. The van der Waals surface area contributed by atoms with E-state index < -0.39 is 92.2 Å². The van der Waals surface area contributed by atoms with Gasteiger partial charge < -0.3 is 71.9 Å². The lowest BCUT2D eigenvalue weighted by Gasteiger charge is -2.47. The zero-order chi connectivity index (χ0) is 23.0. The van der Waals surface area contributed by atoms with Crippen LogP contribution in [0.2, 0.25) is 0 Å². The minimum Gasteiger partial charge on any atom is -0.394 e. The first kappa shape index (κ1) is 25.1. The van der Waals surface area contributed by atoms with Crippen molar-refractivity contribution in [1.29, 1.82) is 0 Å². The Kier molecular flexibility index (Phi) is 8.21. The first-order chi connectivity index (χ1) is 14.6. The predicted molar refractivity (Wildman–Crippen MR) is 99.8 cm³/mol. The molecule has 182 valence electrons. The van der Waals surface area contributed by atoms with Crippen LogP contribution in [-0.4, -0.2) is 135 Å². The van der Waals surface area contributed by atoms with Gasteiger partial charge in [-0.2, -0.15) is 0 Å². The number of hydrogen-bond donors (Lipinski definition) is 10. The van der Waals surface area contributed by atoms with Crippen molar-refractivity contribution < 1.29 is 54.7 Å². The second kappa shape index (κ2) is 10.1. The first-order valence-corrected chi connectivity index (χ1v) is 10.1. The van der Waals surface area contributed by atoms with Gasteiger partial charge in [0.1, 0.15) is 54.9 Å². The highest BCUT2D eigenvalue weighted by molar-refractivity contribution is 5.01. The molecule has 14 atom stereocenters. The van der Waals surface area contributed by atoms with Crippen LogP contribution in [0.5, 0.6) is 0 Å². The fraction of sp³-hybridized carbons (Fsp3) is 1.00. The SMILES string of the molecule is N[C@H]1[C@H](O[C@H]2[C@@H](O)[C@@H](O[C@H]3OC[C@H](O)[C@H](O)[C@@H]3O)[C@H](N)C[C@@H]2N)O[C@H](CO)[C@@H](O)[C@H]1O. The van der Waals surface area contributed by atoms with Gasteiger partial charge in [0.2, 0.25) is 0 Å². The molecule has 2 heterocycles. The van der Waals surface area contributed by atoms with E-state index in [1.165, 1.54) is 0 Å². The van der Waals surface area contributed by atoms with E-state index in [1.54, 1.807) is 0 Å². The second-order valence-electron chi connectivity index (χ2n) is 8.29. The van der Waals surface area contributed by atoms with Crippen LogP contribution in [-0.2, 0) is 18.9 Å². The largest absolute Gasteiger partial charge is 0.394 e. The molecular weight excluding hydrogens is 422 g/mol. The Balaban J connectivity index is 1.70. The van der Waals surface area contributed by atoms with Gasteiger partial charge >= 0.3 is 0 Å². The lowest BCUT2D eigenvalue weighted by Crippen LogP contribution is -2.68. The van der Waals surface area contributed by atoms with E-state index >= 15 is 0 Å². The molecule has 3 rings (SSSR count). The summed E-state index contributed by atoms with van der Waals surface area (Å²) in [5.41, 5.74) is 18.0. The molecule has 31 heavy (non-hydrogen) atoms. The van der Waals surface area contributed by atoms with Crippen LogP contribution >= 0.6 is 0 Å². The van der Waals surface area contributed by atoms with Gasteiger partial charge in [0.05, 0.1) is 19.3 Å². The van der Waals surface area contributed by atoms with Crippen LogP contribution in [0, 0.1) is 0 Å². The minimum absolute atomic E-state index is 0.122. The monoisotopic (exact) mass is 455 g/mol. The van der Waals surface area contributed by atoms with Crippen LogP contribution < -0.4 is 17.2 Å². The highest BCUT2D eigenvalue weighted by Gasteiger charge is 2.50. The fourth-order valence-electron chi connectivity index (χ4n) is 4.07. The summed E-state index contributed by atoms with van der Waals surface area (Å²) in [6.07, 6.45) is -14.7. The summed E-state index contributed by atoms with van der Waals surface area (Å²) in [6.45, 7) is -0.903. The molecule has 14 nitrogen and oxygen atoms in total. The Hall–Kier alpha value is -0.560. The van der Waals surface area contributed by atoms with Crippen molar-refractivity contribution in [3.8, 4) is 0 Å². The molecule has 14 heteroatoms. The molecule has 1 aliphatic carbocycles. The summed E-state index contributed by atoms with van der Waals surface area (Å²) in [7, 11) is 0. The van der Waals surface area contributed by atoms with Crippen molar-refractivity contribution in [3.63, 3.8) is 0 Å². The van der Waals surface area contributed by atoms with Gasteiger partial charge in [-0.25, -0.2) is 0 Å².